The largest absolute Gasteiger partial charge is 0.487 e. The third-order valence-corrected chi connectivity index (χ3v) is 5.08. The van der Waals surface area contributed by atoms with Gasteiger partial charge in [0.2, 0.25) is 0 Å². The minimum Gasteiger partial charge on any atom is -0.487 e. The van der Waals surface area contributed by atoms with Crippen molar-refractivity contribution in [3.63, 3.8) is 0 Å². The number of benzene rings is 2. The Kier molecular flexibility index (Phi) is 6.91. The van der Waals surface area contributed by atoms with Crippen LogP contribution in [-0.2, 0) is 13.7 Å². The molecule has 0 saturated heterocycles. The lowest BCUT2D eigenvalue weighted by atomic mass is 10.0. The van der Waals surface area contributed by atoms with Gasteiger partial charge in [0.1, 0.15) is 47.6 Å². The number of aromatic nitrogens is 4. The Morgan fingerprint density at radius 3 is 2.54 bits per heavy atom. The van der Waals surface area contributed by atoms with Crippen molar-refractivity contribution in [2.24, 2.45) is 7.05 Å². The number of aryl methyl sites for hydroxylation is 1. The van der Waals surface area contributed by atoms with Crippen LogP contribution in [0.15, 0.2) is 61.3 Å². The smallest absolute Gasteiger partial charge is 0.141 e. The van der Waals surface area contributed by atoms with Crippen molar-refractivity contribution >= 4 is 17.3 Å². The molecule has 35 heavy (non-hydrogen) atoms. The molecule has 0 atom stereocenters. The van der Waals surface area contributed by atoms with E-state index in [0.717, 1.165) is 5.69 Å². The number of imidazole rings is 1. The predicted octanol–water partition coefficient (Wildman–Crippen LogP) is 4.54. The predicted molar refractivity (Wildman–Crippen MR) is 132 cm³/mol. The molecule has 2 aromatic carbocycles. The monoisotopic (exact) mass is 475 g/mol. The third kappa shape index (κ3) is 5.72. The van der Waals surface area contributed by atoms with Crippen molar-refractivity contribution in [3.05, 3.63) is 84.0 Å². The number of hydrogen-bond acceptors (Lipinski definition) is 8. The van der Waals surface area contributed by atoms with Crippen LogP contribution in [0.4, 0.5) is 16.0 Å². The lowest BCUT2D eigenvalue weighted by Crippen LogP contribution is -2.17. The summed E-state index contributed by atoms with van der Waals surface area (Å²) in [6.07, 6.45) is 4.72. The second-order valence-electron chi connectivity index (χ2n) is 8.19. The summed E-state index contributed by atoms with van der Waals surface area (Å²) in [5.41, 5.74) is 8.11. The lowest BCUT2D eigenvalue weighted by Gasteiger charge is -2.15. The van der Waals surface area contributed by atoms with Crippen LogP contribution < -0.4 is 20.5 Å². The van der Waals surface area contributed by atoms with Crippen molar-refractivity contribution in [1.82, 2.24) is 19.5 Å². The summed E-state index contributed by atoms with van der Waals surface area (Å²) < 4.78 is 27.5. The number of rotatable bonds is 9. The van der Waals surface area contributed by atoms with Crippen LogP contribution in [0, 0.1) is 11.2 Å². The molecule has 4 rings (SSSR count). The lowest BCUT2D eigenvalue weighted by molar-refractivity contribution is 0.294. The molecule has 0 aliphatic heterocycles. The first kappa shape index (κ1) is 23.7. The number of nitrogens with two attached hydrogens (primary N) is 1. The fourth-order valence-electron chi connectivity index (χ4n) is 3.36. The van der Waals surface area contributed by atoms with Gasteiger partial charge in [-0.1, -0.05) is 0 Å². The maximum absolute atomic E-state index is 14.2. The van der Waals surface area contributed by atoms with E-state index in [0.29, 0.717) is 28.4 Å². The summed E-state index contributed by atoms with van der Waals surface area (Å²) in [5, 5.41) is 11.8. The number of hydrogen-bond donors (Lipinski definition) is 3. The van der Waals surface area contributed by atoms with Gasteiger partial charge in [0.25, 0.3) is 0 Å². The molecule has 0 aliphatic rings. The molecule has 0 bridgehead atoms. The number of nitrogen functional groups attached to an aromatic ring is 1. The van der Waals surface area contributed by atoms with Crippen LogP contribution in [0.2, 0.25) is 0 Å². The number of ether oxygens (including phenoxy) is 2. The first-order valence-electron chi connectivity index (χ1n) is 10.9. The normalized spacial score (nSPS) is 10.9. The molecule has 4 aromatic rings. The van der Waals surface area contributed by atoms with Crippen molar-refractivity contribution in [1.29, 1.82) is 5.41 Å². The second kappa shape index (κ2) is 10.2. The Morgan fingerprint density at radius 1 is 1.11 bits per heavy atom. The highest BCUT2D eigenvalue weighted by Gasteiger charge is 2.17. The number of anilines is 2. The van der Waals surface area contributed by atoms with Gasteiger partial charge in [0, 0.05) is 36.9 Å². The van der Waals surface area contributed by atoms with Gasteiger partial charge in [-0.25, -0.2) is 19.3 Å². The Labute approximate surface area is 202 Å². The van der Waals surface area contributed by atoms with E-state index in [4.69, 9.17) is 20.6 Å². The van der Waals surface area contributed by atoms with Crippen molar-refractivity contribution < 1.29 is 13.9 Å². The Hall–Kier alpha value is -4.47. The standard InChI is InChI=1S/C25H26FN7O2/c1-15(2)32-25-22(24(28)30-13-31-25)23(27)16-4-6-19(7-5-16)35-21-9-17(26)8-20(10-21)34-12-18-11-29-14-33(18)3/h4-11,13-15,27H,12H2,1-3H3,(H3,28,30,31,32). The van der Waals surface area contributed by atoms with E-state index in [9.17, 15) is 4.39 Å². The molecule has 0 spiro atoms. The first-order chi connectivity index (χ1) is 16.8. The van der Waals surface area contributed by atoms with E-state index < -0.39 is 5.82 Å². The van der Waals surface area contributed by atoms with Crippen LogP contribution >= 0.6 is 0 Å². The first-order valence-corrected chi connectivity index (χ1v) is 10.9. The van der Waals surface area contributed by atoms with Crippen molar-refractivity contribution in [2.45, 2.75) is 26.5 Å². The highest BCUT2D eigenvalue weighted by molar-refractivity contribution is 6.16. The zero-order valence-corrected chi connectivity index (χ0v) is 19.6. The highest BCUT2D eigenvalue weighted by Crippen LogP contribution is 2.29. The van der Waals surface area contributed by atoms with Crippen molar-refractivity contribution in [2.75, 3.05) is 11.1 Å². The molecule has 4 N–H and O–H groups in total. The maximum atomic E-state index is 14.2. The van der Waals surface area contributed by atoms with Crippen molar-refractivity contribution in [3.8, 4) is 17.2 Å². The average molecular weight is 476 g/mol. The summed E-state index contributed by atoms with van der Waals surface area (Å²) in [5.74, 6) is 1.33. The van der Waals surface area contributed by atoms with E-state index in [1.165, 1.54) is 18.5 Å². The molecule has 0 fully saturated rings. The molecule has 0 saturated carbocycles. The Morgan fingerprint density at radius 2 is 1.86 bits per heavy atom. The average Bonchev–Trinajstić information content (AvgIpc) is 3.22. The van der Waals surface area contributed by atoms with Gasteiger partial charge in [-0.3, -0.25) is 5.41 Å². The number of halogens is 1. The maximum Gasteiger partial charge on any atom is 0.141 e. The molecule has 0 amide bonds. The molecule has 2 heterocycles. The van der Waals surface area contributed by atoms with Gasteiger partial charge >= 0.3 is 0 Å². The number of nitrogens with one attached hydrogen (secondary N) is 2. The minimum absolute atomic E-state index is 0.107. The minimum atomic E-state index is -0.481. The van der Waals surface area contributed by atoms with Gasteiger partial charge in [-0.2, -0.15) is 0 Å². The van der Waals surface area contributed by atoms with E-state index in [1.54, 1.807) is 42.9 Å². The van der Waals surface area contributed by atoms with E-state index in [2.05, 4.69) is 20.3 Å². The fraction of sp³-hybridized carbons (Fsp3) is 0.200. The van der Waals surface area contributed by atoms with Crippen LogP contribution in [0.25, 0.3) is 0 Å². The summed E-state index contributed by atoms with van der Waals surface area (Å²) in [4.78, 5) is 12.3. The van der Waals surface area contributed by atoms with Gasteiger partial charge in [0.05, 0.1) is 29.5 Å². The van der Waals surface area contributed by atoms with Crippen LogP contribution in [-0.4, -0.2) is 31.3 Å². The van der Waals surface area contributed by atoms with Crippen LogP contribution in [0.5, 0.6) is 17.2 Å². The molecule has 0 unspecified atom stereocenters. The van der Waals surface area contributed by atoms with Crippen LogP contribution in [0.3, 0.4) is 0 Å². The highest BCUT2D eigenvalue weighted by atomic mass is 19.1. The zero-order chi connectivity index (χ0) is 24.9. The Bertz CT molecular complexity index is 1340. The molecular weight excluding hydrogens is 449 g/mol. The second-order valence-corrected chi connectivity index (χ2v) is 8.19. The van der Waals surface area contributed by atoms with Crippen LogP contribution in [0.1, 0.15) is 30.7 Å². The molecule has 9 nitrogen and oxygen atoms in total. The van der Waals surface area contributed by atoms with E-state index in [-0.39, 0.29) is 29.9 Å². The Balaban J connectivity index is 1.49. The summed E-state index contributed by atoms with van der Waals surface area (Å²) in [7, 11) is 1.86. The quantitative estimate of drug-likeness (QED) is 0.304. The molecule has 180 valence electrons. The summed E-state index contributed by atoms with van der Waals surface area (Å²) in [6.45, 7) is 4.19. The number of nitrogens with zero attached hydrogens (tertiary/aromatic N) is 4. The zero-order valence-electron chi connectivity index (χ0n) is 19.6. The molecular formula is C25H26FN7O2. The van der Waals surface area contributed by atoms with E-state index in [1.807, 2.05) is 25.5 Å². The molecule has 0 radical (unpaired) electrons. The third-order valence-electron chi connectivity index (χ3n) is 5.08. The summed E-state index contributed by atoms with van der Waals surface area (Å²) in [6, 6.07) is 11.1. The molecule has 0 aliphatic carbocycles. The summed E-state index contributed by atoms with van der Waals surface area (Å²) >= 11 is 0. The molecule has 10 heteroatoms. The fourth-order valence-corrected chi connectivity index (χ4v) is 3.36. The van der Waals surface area contributed by atoms with Gasteiger partial charge in [0.15, 0.2) is 0 Å². The molecule has 2 aromatic heterocycles. The SMILES string of the molecule is CC(C)Nc1ncnc(N)c1C(=N)c1ccc(Oc2cc(F)cc(OCc3cncn3C)c2)cc1. The topological polar surface area (TPSA) is 124 Å². The van der Waals surface area contributed by atoms with E-state index >= 15 is 0 Å². The van der Waals surface area contributed by atoms with Gasteiger partial charge < -0.3 is 25.1 Å². The van der Waals surface area contributed by atoms with Gasteiger partial charge in [-0.15, -0.1) is 0 Å². The van der Waals surface area contributed by atoms with Gasteiger partial charge in [-0.05, 0) is 38.1 Å².